The van der Waals surface area contributed by atoms with Crippen molar-refractivity contribution in [1.82, 2.24) is 51.1 Å². The van der Waals surface area contributed by atoms with E-state index in [1.54, 1.807) is 6.07 Å². The van der Waals surface area contributed by atoms with Gasteiger partial charge in [0.2, 0.25) is 0 Å². The molecule has 21 rings (SSSR count). The molecule has 6 N–H and O–H groups in total. The predicted octanol–water partition coefficient (Wildman–Crippen LogP) is 24.8. The first-order valence-corrected chi connectivity index (χ1v) is 50.4. The van der Waals surface area contributed by atoms with Gasteiger partial charge in [-0.2, -0.15) is 0 Å². The highest BCUT2D eigenvalue weighted by Crippen LogP contribution is 2.50. The second-order valence-corrected chi connectivity index (χ2v) is 41.9. The Hall–Kier alpha value is -5.97. The first kappa shape index (κ1) is 90.0. The van der Waals surface area contributed by atoms with E-state index in [0.717, 1.165) is 190 Å². The topological polar surface area (TPSA) is 159 Å². The number of nitrogens with two attached hydrogens (primary N) is 1. The maximum atomic E-state index is 13.0. The molecule has 22 heteroatoms. The molecule has 0 saturated carbocycles. The Bertz CT molecular complexity index is 4880. The highest BCUT2D eigenvalue weighted by molar-refractivity contribution is 9.11. The number of likely N-dealkylation sites (tertiary alicyclic amines) is 1. The van der Waals surface area contributed by atoms with E-state index in [-0.39, 0.29) is 11.8 Å². The summed E-state index contributed by atoms with van der Waals surface area (Å²) >= 11 is 49.3. The number of benzene rings is 6. The number of para-hydroxylation sites is 1. The number of piperidine rings is 5. The van der Waals surface area contributed by atoms with Crippen molar-refractivity contribution in [2.45, 2.75) is 158 Å². The lowest BCUT2D eigenvalue weighted by atomic mass is 9.76. The van der Waals surface area contributed by atoms with Crippen LogP contribution in [0.5, 0.6) is 0 Å². The number of nitrogen functional groups attached to an aromatic ring is 1. The van der Waals surface area contributed by atoms with Crippen molar-refractivity contribution in [2.24, 2.45) is 29.6 Å². The fourth-order valence-electron chi connectivity index (χ4n) is 21.8. The van der Waals surface area contributed by atoms with Crippen molar-refractivity contribution < 1.29 is 4.79 Å². The van der Waals surface area contributed by atoms with Gasteiger partial charge < -0.3 is 31.9 Å². The van der Waals surface area contributed by atoms with E-state index >= 15 is 0 Å². The van der Waals surface area contributed by atoms with Crippen molar-refractivity contribution >= 4 is 149 Å². The molecule has 124 heavy (non-hydrogen) atoms. The number of anilines is 1. The van der Waals surface area contributed by atoms with Gasteiger partial charge in [0, 0.05) is 127 Å². The molecule has 12 nitrogen and oxygen atoms in total. The number of nitrogens with one attached hydrogen (secondary N) is 4. The third-order valence-electron chi connectivity index (χ3n) is 27.7. The lowest BCUT2D eigenvalue weighted by Crippen LogP contribution is -2.40. The van der Waals surface area contributed by atoms with Crippen molar-refractivity contribution in [1.29, 1.82) is 0 Å². The van der Waals surface area contributed by atoms with Gasteiger partial charge in [-0.3, -0.25) is 29.7 Å². The van der Waals surface area contributed by atoms with Gasteiger partial charge in [0.05, 0.1) is 34.0 Å². The van der Waals surface area contributed by atoms with Crippen LogP contribution in [0.2, 0.25) is 25.1 Å². The molecule has 1 unspecified atom stereocenters. The summed E-state index contributed by atoms with van der Waals surface area (Å²) in [5.74, 6) is 4.86. The lowest BCUT2D eigenvalue weighted by molar-refractivity contribution is 0.0683. The fraction of sp³-hybridized carbons (Fsp3) is 0.392. The zero-order valence-electron chi connectivity index (χ0n) is 69.7. The van der Waals surface area contributed by atoms with E-state index in [0.29, 0.717) is 64.5 Å². The molecule has 10 aliphatic rings. The average Bonchev–Trinajstić information content (AvgIpc) is 1.63. The molecule has 0 bridgehead atoms. The van der Waals surface area contributed by atoms with Crippen LogP contribution in [0, 0.1) is 29.6 Å². The van der Waals surface area contributed by atoms with Crippen LogP contribution >= 0.6 is 138 Å². The lowest BCUT2D eigenvalue weighted by Gasteiger charge is -2.37. The largest absolute Gasteiger partial charge is 0.398 e. The molecule has 5 aliphatic carbocycles. The summed E-state index contributed by atoms with van der Waals surface area (Å²) in [5, 5.41) is 18.1. The van der Waals surface area contributed by atoms with Crippen LogP contribution in [0.25, 0.3) is 0 Å². The Kier molecular flexibility index (Phi) is 30.4. The normalized spacial score (nSPS) is 20.7. The maximum Gasteiger partial charge on any atom is 0.255 e. The molecule has 0 spiro atoms. The van der Waals surface area contributed by atoms with Crippen LogP contribution in [0.15, 0.2) is 199 Å². The highest BCUT2D eigenvalue weighted by Gasteiger charge is 2.40. The summed E-state index contributed by atoms with van der Waals surface area (Å²) in [5.41, 5.74) is 34.3. The van der Waals surface area contributed by atoms with Gasteiger partial charge in [-0.1, -0.05) is 100 Å². The minimum atomic E-state index is 0.0251. The van der Waals surface area contributed by atoms with Gasteiger partial charge in [0.1, 0.15) is 0 Å². The van der Waals surface area contributed by atoms with E-state index in [9.17, 15) is 4.79 Å². The van der Waals surface area contributed by atoms with Gasteiger partial charge in [-0.05, 0) is 477 Å². The number of rotatable bonds is 6. The summed E-state index contributed by atoms with van der Waals surface area (Å²) in [6, 6.07) is 50.6. The van der Waals surface area contributed by atoms with E-state index < -0.39 is 0 Å². The summed E-state index contributed by atoms with van der Waals surface area (Å²) in [6.45, 7) is 10.3. The molecular formula is C102H105Br5Cl5N11O. The molecule has 5 atom stereocenters. The Morgan fingerprint density at radius 1 is 0.298 bits per heavy atom. The molecule has 11 aromatic rings. The van der Waals surface area contributed by atoms with E-state index in [2.05, 4.69) is 192 Å². The van der Waals surface area contributed by atoms with Gasteiger partial charge in [-0.25, -0.2) is 0 Å². The van der Waals surface area contributed by atoms with Crippen LogP contribution < -0.4 is 27.0 Å². The number of aryl methyl sites for hydroxylation is 10. The summed E-state index contributed by atoms with van der Waals surface area (Å²) < 4.78 is 5.31. The molecule has 5 fully saturated rings. The number of aromatic nitrogens is 5. The minimum absolute atomic E-state index is 0.0251. The first-order valence-electron chi connectivity index (χ1n) is 44.5. The number of pyridine rings is 5. The number of hydrogen-bond acceptors (Lipinski definition) is 11. The number of halogens is 10. The van der Waals surface area contributed by atoms with Crippen molar-refractivity contribution in [3.63, 3.8) is 0 Å². The van der Waals surface area contributed by atoms with Gasteiger partial charge in [-0.15, -0.1) is 0 Å². The molecule has 5 aromatic heterocycles. The highest BCUT2D eigenvalue weighted by atomic mass is 79.9. The minimum Gasteiger partial charge on any atom is -0.398 e. The van der Waals surface area contributed by atoms with Gasteiger partial charge in [0.25, 0.3) is 5.91 Å². The number of carbonyl (C=O) groups is 1. The Morgan fingerprint density at radius 2 is 0.516 bits per heavy atom. The van der Waals surface area contributed by atoms with E-state index in [1.165, 1.54) is 163 Å². The molecule has 1 amide bonds. The number of nitrogens with zero attached hydrogens (tertiary/aromatic N) is 6. The molecule has 10 heterocycles. The van der Waals surface area contributed by atoms with Crippen LogP contribution in [-0.2, 0) is 64.2 Å². The second kappa shape index (κ2) is 41.9. The zero-order chi connectivity index (χ0) is 85.5. The monoisotopic (exact) mass is 2070 g/mol. The summed E-state index contributed by atoms with van der Waals surface area (Å²) in [6.07, 6.45) is 31.5. The molecular weight excluding hydrogens is 1970 g/mol. The molecule has 0 radical (unpaired) electrons. The van der Waals surface area contributed by atoms with Crippen molar-refractivity contribution in [3.05, 3.63) is 342 Å². The standard InChI is InChI=1S/C26H25BrClN3O.4C19H20BrClN2/c27-19-13-18-6-5-17-14-20(28)7-8-21(17)24(25(18)30-15-19)16-9-11-31(12-10-16)26(32)22-3-1-2-4-23(22)29;4*20-15-9-14-2-1-13-10-16(21)3-4-17(13)18(19(14)23-11-15)12-5-7-22-8-6-12/h1-4,7-8,13-16,24H,5-6,9-12,29H2;4*3-4,9-12,18,22H,1-2,5-8H2/t24-;3*18-;/m1110./s1. The number of fused-ring (bicyclic) bond motifs is 10. The van der Waals surface area contributed by atoms with Crippen molar-refractivity contribution in [2.75, 3.05) is 71.2 Å². The zero-order valence-corrected chi connectivity index (χ0v) is 81.4. The number of carbonyl (C=O) groups excluding carboxylic acids is 1. The third-order valence-corrected chi connectivity index (χ3v) is 31.1. The van der Waals surface area contributed by atoms with Crippen LogP contribution in [0.4, 0.5) is 5.69 Å². The fourth-order valence-corrected chi connectivity index (χ4v) is 24.7. The summed E-state index contributed by atoms with van der Waals surface area (Å²) in [4.78, 5) is 39.3. The number of amides is 1. The second-order valence-electron chi connectivity index (χ2n) is 35.2. The SMILES string of the molecule is Clc1ccc2c(c1)CCc1cc(Br)cnc1C2C1CCNCC1.Clc1ccc2c(c1)CCc1cc(Br)cnc1[C@@H]2C1CCNCC1.Clc1ccc2c(c1)CCc1cc(Br)cnc1[C@@H]2C1CCNCC1.Clc1ccc2c(c1)CCc1cc(Br)cnc1[C@H]2C1CCNCC1.Nc1ccccc1C(=O)N1CCC([C@@H]2c3ccc(Cl)cc3CCc3cc(Br)cnc32)CC1. The molecule has 5 aliphatic heterocycles. The predicted molar refractivity (Wildman–Crippen MR) is 525 cm³/mol. The Balaban J connectivity index is 0.000000111. The van der Waals surface area contributed by atoms with Gasteiger partial charge in [0.15, 0.2) is 0 Å². The molecule has 5 saturated heterocycles. The van der Waals surface area contributed by atoms with E-state index in [1.807, 2.05) is 84.4 Å². The third kappa shape index (κ3) is 21.1. The van der Waals surface area contributed by atoms with Crippen LogP contribution in [0.1, 0.15) is 216 Å². The Labute approximate surface area is 797 Å². The smallest absolute Gasteiger partial charge is 0.255 e. The van der Waals surface area contributed by atoms with Gasteiger partial charge >= 0.3 is 0 Å². The molecule has 644 valence electrons. The molecule has 6 aromatic carbocycles. The van der Waals surface area contributed by atoms with Crippen LogP contribution in [-0.4, -0.2) is 101 Å². The number of hydrogen-bond donors (Lipinski definition) is 5. The quantitative estimate of drug-likeness (QED) is 0.101. The van der Waals surface area contributed by atoms with E-state index in [4.69, 9.17) is 88.7 Å². The average molecular weight is 2080 g/mol. The maximum absolute atomic E-state index is 13.0. The summed E-state index contributed by atoms with van der Waals surface area (Å²) in [7, 11) is 0. The Morgan fingerprint density at radius 3 is 0.750 bits per heavy atom. The van der Waals surface area contributed by atoms with Crippen molar-refractivity contribution in [3.8, 4) is 0 Å². The van der Waals surface area contributed by atoms with Crippen LogP contribution in [0.3, 0.4) is 0 Å². The first-order chi connectivity index (χ1) is 60.4.